The second-order valence-electron chi connectivity index (χ2n) is 5.15. The molecule has 22 heavy (non-hydrogen) atoms. The fourth-order valence-electron chi connectivity index (χ4n) is 1.91. The van der Waals surface area contributed by atoms with Gasteiger partial charge in [-0.25, -0.2) is 8.42 Å². The summed E-state index contributed by atoms with van der Waals surface area (Å²) in [6.07, 6.45) is 3.60. The molecule has 0 aliphatic heterocycles. The van der Waals surface area contributed by atoms with Gasteiger partial charge in [-0.15, -0.1) is 0 Å². The molecule has 0 heterocycles. The van der Waals surface area contributed by atoms with Crippen LogP contribution >= 0.6 is 0 Å². The summed E-state index contributed by atoms with van der Waals surface area (Å²) in [5.74, 6) is -0.938. The minimum absolute atomic E-state index is 0.134. The van der Waals surface area contributed by atoms with Gasteiger partial charge in [0.1, 0.15) is 0 Å². The first kappa shape index (κ1) is 18.2. The van der Waals surface area contributed by atoms with Crippen molar-refractivity contribution in [2.45, 2.75) is 37.0 Å². The number of unbranched alkanes of at least 4 members (excludes halogenated alkanes) is 2. The number of carboxylic acids is 1. The summed E-state index contributed by atoms with van der Waals surface area (Å²) in [6.45, 7) is 0.514. The minimum Gasteiger partial charge on any atom is -0.481 e. The van der Waals surface area contributed by atoms with Gasteiger partial charge in [-0.1, -0.05) is 18.6 Å². The molecule has 1 rings (SSSR count). The van der Waals surface area contributed by atoms with Crippen LogP contribution in [-0.4, -0.2) is 38.2 Å². The first-order chi connectivity index (χ1) is 10.3. The number of aliphatic carboxylic acids is 1. The zero-order valence-electron chi connectivity index (χ0n) is 12.5. The number of nitrogens with one attached hydrogen (secondary N) is 1. The molecule has 0 aliphatic carbocycles. The molecule has 0 aliphatic rings. The molecule has 0 aromatic heterocycles. The lowest BCUT2D eigenvalue weighted by atomic mass is 10.1. The maximum Gasteiger partial charge on any atom is 0.303 e. The van der Waals surface area contributed by atoms with Crippen LogP contribution in [0.15, 0.2) is 29.2 Å². The van der Waals surface area contributed by atoms with Crippen molar-refractivity contribution in [1.82, 2.24) is 5.32 Å². The van der Waals surface area contributed by atoms with Gasteiger partial charge in [0.15, 0.2) is 9.84 Å². The lowest BCUT2D eigenvalue weighted by Crippen LogP contribution is -2.26. The Hall–Kier alpha value is -1.89. The van der Waals surface area contributed by atoms with Crippen LogP contribution in [0.3, 0.4) is 0 Å². The van der Waals surface area contributed by atoms with E-state index in [0.717, 1.165) is 24.7 Å². The molecule has 122 valence electrons. The topological polar surface area (TPSA) is 101 Å². The minimum atomic E-state index is -3.22. The van der Waals surface area contributed by atoms with E-state index in [2.05, 4.69) is 5.32 Å². The number of rotatable bonds is 9. The van der Waals surface area contributed by atoms with Crippen molar-refractivity contribution < 1.29 is 23.1 Å². The summed E-state index contributed by atoms with van der Waals surface area (Å²) in [4.78, 5) is 22.3. The predicted octanol–water partition coefficient (Wildman–Crippen LogP) is 1.39. The van der Waals surface area contributed by atoms with Crippen molar-refractivity contribution in [3.63, 3.8) is 0 Å². The Morgan fingerprint density at radius 3 is 2.27 bits per heavy atom. The molecule has 0 unspecified atom stereocenters. The summed E-state index contributed by atoms with van der Waals surface area (Å²) >= 11 is 0. The molecule has 1 aromatic carbocycles. The fraction of sp³-hybridized carbons (Fsp3) is 0.467. The first-order valence-corrected chi connectivity index (χ1v) is 8.95. The molecule has 6 nitrogen and oxygen atoms in total. The van der Waals surface area contributed by atoms with Gasteiger partial charge in [0.2, 0.25) is 5.91 Å². The first-order valence-electron chi connectivity index (χ1n) is 7.06. The van der Waals surface area contributed by atoms with Crippen molar-refractivity contribution in [2.24, 2.45) is 0 Å². The lowest BCUT2D eigenvalue weighted by Gasteiger charge is -2.06. The number of hydrogen-bond donors (Lipinski definition) is 2. The number of carbonyl (C=O) groups is 2. The summed E-state index contributed by atoms with van der Waals surface area (Å²) in [5, 5.41) is 11.2. The van der Waals surface area contributed by atoms with Gasteiger partial charge in [-0.05, 0) is 30.5 Å². The third-order valence-electron chi connectivity index (χ3n) is 3.11. The molecule has 7 heteroatoms. The average molecular weight is 327 g/mol. The van der Waals surface area contributed by atoms with Gasteiger partial charge in [-0.3, -0.25) is 9.59 Å². The SMILES string of the molecule is CS(=O)(=O)c1ccc(CC(=O)NCCCCCC(=O)O)cc1. The Labute approximate surface area is 130 Å². The Balaban J connectivity index is 2.29. The number of carbonyl (C=O) groups excluding carboxylic acids is 1. The molecule has 2 N–H and O–H groups in total. The molecular weight excluding hydrogens is 306 g/mol. The van der Waals surface area contributed by atoms with Gasteiger partial charge in [0.25, 0.3) is 0 Å². The molecule has 0 radical (unpaired) electrons. The van der Waals surface area contributed by atoms with E-state index >= 15 is 0 Å². The highest BCUT2D eigenvalue weighted by Gasteiger charge is 2.08. The van der Waals surface area contributed by atoms with Gasteiger partial charge in [-0.2, -0.15) is 0 Å². The zero-order valence-corrected chi connectivity index (χ0v) is 13.4. The summed E-state index contributed by atoms with van der Waals surface area (Å²) in [5.41, 5.74) is 0.746. The van der Waals surface area contributed by atoms with E-state index in [0.29, 0.717) is 13.0 Å². The predicted molar refractivity (Wildman–Crippen MR) is 82.4 cm³/mol. The third-order valence-corrected chi connectivity index (χ3v) is 4.23. The maximum absolute atomic E-state index is 11.7. The Kier molecular flexibility index (Phi) is 7.04. The summed E-state index contributed by atoms with van der Waals surface area (Å²) < 4.78 is 22.6. The molecule has 0 saturated heterocycles. The Bertz CT molecular complexity index is 607. The second-order valence-corrected chi connectivity index (χ2v) is 7.16. The standard InChI is InChI=1S/C15H21NO5S/c1-22(20,21)13-8-6-12(7-9-13)11-14(17)16-10-4-2-3-5-15(18)19/h6-9H,2-5,10-11H2,1H3,(H,16,17)(H,18,19). The number of hydrogen-bond acceptors (Lipinski definition) is 4. The largest absolute Gasteiger partial charge is 0.481 e. The third kappa shape index (κ3) is 7.21. The van der Waals surface area contributed by atoms with Crippen LogP contribution in [0.2, 0.25) is 0 Å². The summed E-state index contributed by atoms with van der Waals surface area (Å²) in [7, 11) is -3.22. The van der Waals surface area contributed by atoms with E-state index in [1.807, 2.05) is 0 Å². The van der Waals surface area contributed by atoms with Crippen molar-refractivity contribution >= 4 is 21.7 Å². The van der Waals surface area contributed by atoms with Crippen LogP contribution in [0.1, 0.15) is 31.2 Å². The van der Waals surface area contributed by atoms with Crippen molar-refractivity contribution in [2.75, 3.05) is 12.8 Å². The van der Waals surface area contributed by atoms with Crippen molar-refractivity contribution in [1.29, 1.82) is 0 Å². The average Bonchev–Trinajstić information content (AvgIpc) is 2.42. The molecule has 1 amide bonds. The van der Waals surface area contributed by atoms with Crippen LogP contribution in [0.5, 0.6) is 0 Å². The van der Waals surface area contributed by atoms with E-state index in [-0.39, 0.29) is 23.6 Å². The van der Waals surface area contributed by atoms with E-state index in [1.165, 1.54) is 12.1 Å². The van der Waals surface area contributed by atoms with E-state index in [4.69, 9.17) is 5.11 Å². The maximum atomic E-state index is 11.7. The van der Waals surface area contributed by atoms with Gasteiger partial charge in [0, 0.05) is 19.2 Å². The number of amides is 1. The molecular formula is C15H21NO5S. The zero-order chi connectivity index (χ0) is 16.6. The number of carboxylic acid groups (broad SMARTS) is 1. The molecule has 0 spiro atoms. The molecule has 0 bridgehead atoms. The monoisotopic (exact) mass is 327 g/mol. The van der Waals surface area contributed by atoms with Crippen LogP contribution in [0, 0.1) is 0 Å². The summed E-state index contributed by atoms with van der Waals surface area (Å²) in [6, 6.07) is 6.24. The fourth-order valence-corrected chi connectivity index (χ4v) is 2.54. The highest BCUT2D eigenvalue weighted by atomic mass is 32.2. The normalized spacial score (nSPS) is 11.1. The molecule has 0 saturated carbocycles. The van der Waals surface area contributed by atoms with Gasteiger partial charge < -0.3 is 10.4 Å². The van der Waals surface area contributed by atoms with Crippen LogP contribution in [-0.2, 0) is 25.8 Å². The van der Waals surface area contributed by atoms with Crippen LogP contribution < -0.4 is 5.32 Å². The molecule has 0 atom stereocenters. The van der Waals surface area contributed by atoms with Crippen LogP contribution in [0.4, 0.5) is 0 Å². The Morgan fingerprint density at radius 2 is 1.73 bits per heavy atom. The van der Waals surface area contributed by atoms with Gasteiger partial charge >= 0.3 is 5.97 Å². The highest BCUT2D eigenvalue weighted by molar-refractivity contribution is 7.90. The Morgan fingerprint density at radius 1 is 1.09 bits per heavy atom. The van der Waals surface area contributed by atoms with E-state index < -0.39 is 15.8 Å². The van der Waals surface area contributed by atoms with E-state index in [9.17, 15) is 18.0 Å². The lowest BCUT2D eigenvalue weighted by molar-refractivity contribution is -0.137. The second kappa shape index (κ2) is 8.53. The highest BCUT2D eigenvalue weighted by Crippen LogP contribution is 2.10. The van der Waals surface area contributed by atoms with Crippen molar-refractivity contribution in [3.8, 4) is 0 Å². The van der Waals surface area contributed by atoms with Crippen LogP contribution in [0.25, 0.3) is 0 Å². The molecule has 0 fully saturated rings. The number of sulfone groups is 1. The molecule has 1 aromatic rings. The smallest absolute Gasteiger partial charge is 0.303 e. The number of benzene rings is 1. The van der Waals surface area contributed by atoms with E-state index in [1.54, 1.807) is 12.1 Å². The van der Waals surface area contributed by atoms with Gasteiger partial charge in [0.05, 0.1) is 11.3 Å². The van der Waals surface area contributed by atoms with Crippen molar-refractivity contribution in [3.05, 3.63) is 29.8 Å². The quantitative estimate of drug-likeness (QED) is 0.668.